The van der Waals surface area contributed by atoms with Gasteiger partial charge >= 0.3 is 0 Å². The molecule has 0 aromatic carbocycles. The van der Waals surface area contributed by atoms with Crippen LogP contribution in [0.5, 0.6) is 0 Å². The summed E-state index contributed by atoms with van der Waals surface area (Å²) in [5.74, 6) is -0.550. The van der Waals surface area contributed by atoms with E-state index in [0.717, 1.165) is 0 Å². The number of hydrogen-bond acceptors (Lipinski definition) is 4. The van der Waals surface area contributed by atoms with Crippen molar-refractivity contribution in [2.75, 3.05) is 0 Å². The van der Waals surface area contributed by atoms with E-state index in [1.807, 2.05) is 0 Å². The first-order valence-electron chi connectivity index (χ1n) is 3.81. The van der Waals surface area contributed by atoms with Gasteiger partial charge in [-0.25, -0.2) is 4.98 Å². The lowest BCUT2D eigenvalue weighted by Crippen LogP contribution is -2.48. The number of aliphatic hydroxyl groups is 1. The number of rotatable bonds is 0. The van der Waals surface area contributed by atoms with Crippen molar-refractivity contribution in [3.05, 3.63) is 23.8 Å². The summed E-state index contributed by atoms with van der Waals surface area (Å²) in [4.78, 5) is 18.0. The zero-order valence-electron chi connectivity index (χ0n) is 7.03. The van der Waals surface area contributed by atoms with Gasteiger partial charge in [0.25, 0.3) is 0 Å². The lowest BCUT2D eigenvalue weighted by atomic mass is 9.94. The standard InChI is InChI=1S/C8H9N3O2/c1-4-2-8(9,13)7(12)6-5(4)10-3-11-6/h2-3,13H,9H2,1H3,(H,10,11)/t8-/m1/s1. The molecular weight excluding hydrogens is 170 g/mol. The smallest absolute Gasteiger partial charge is 0.231 e. The van der Waals surface area contributed by atoms with Crippen molar-refractivity contribution >= 4 is 11.4 Å². The summed E-state index contributed by atoms with van der Waals surface area (Å²) in [5.41, 5.74) is 4.99. The Morgan fingerprint density at radius 2 is 2.38 bits per heavy atom. The molecule has 5 nitrogen and oxygen atoms in total. The Bertz CT molecular complexity index is 403. The van der Waals surface area contributed by atoms with Crippen molar-refractivity contribution in [1.29, 1.82) is 0 Å². The number of nitrogens with one attached hydrogen (secondary N) is 1. The number of carbonyl (C=O) groups excluding carboxylic acids is 1. The molecule has 1 aliphatic rings. The average Bonchev–Trinajstić information content (AvgIpc) is 2.47. The Balaban J connectivity index is 2.66. The first kappa shape index (κ1) is 8.15. The lowest BCUT2D eigenvalue weighted by Gasteiger charge is -2.22. The summed E-state index contributed by atoms with van der Waals surface area (Å²) in [7, 11) is 0. The van der Waals surface area contributed by atoms with Gasteiger partial charge < -0.3 is 10.1 Å². The van der Waals surface area contributed by atoms with Crippen molar-refractivity contribution < 1.29 is 9.90 Å². The van der Waals surface area contributed by atoms with Gasteiger partial charge in [-0.2, -0.15) is 0 Å². The van der Waals surface area contributed by atoms with E-state index in [1.54, 1.807) is 6.92 Å². The number of nitrogens with two attached hydrogens (primary N) is 1. The van der Waals surface area contributed by atoms with Gasteiger partial charge in [0.05, 0.1) is 12.0 Å². The summed E-state index contributed by atoms with van der Waals surface area (Å²) in [6, 6.07) is 0. The number of imidazole rings is 1. The zero-order valence-corrected chi connectivity index (χ0v) is 7.03. The maximum Gasteiger partial charge on any atom is 0.231 e. The third-order valence-corrected chi connectivity index (χ3v) is 2.04. The highest BCUT2D eigenvalue weighted by Gasteiger charge is 2.37. The van der Waals surface area contributed by atoms with Crippen LogP contribution in [-0.4, -0.2) is 26.6 Å². The third kappa shape index (κ3) is 1.01. The van der Waals surface area contributed by atoms with Crippen molar-refractivity contribution in [3.63, 3.8) is 0 Å². The summed E-state index contributed by atoms with van der Waals surface area (Å²) >= 11 is 0. The molecule has 0 amide bonds. The molecule has 0 aliphatic heterocycles. The SMILES string of the molecule is CC1=C[C@@](N)(O)C(=O)c2[nH]cnc21. The van der Waals surface area contributed by atoms with Gasteiger partial charge in [0.1, 0.15) is 5.69 Å². The van der Waals surface area contributed by atoms with Crippen LogP contribution in [0, 0.1) is 0 Å². The van der Waals surface area contributed by atoms with Crippen molar-refractivity contribution in [1.82, 2.24) is 9.97 Å². The van der Waals surface area contributed by atoms with Crippen molar-refractivity contribution in [2.45, 2.75) is 12.6 Å². The molecule has 0 bridgehead atoms. The molecule has 1 aromatic heterocycles. The second-order valence-corrected chi connectivity index (χ2v) is 3.11. The van der Waals surface area contributed by atoms with Crippen LogP contribution in [0.3, 0.4) is 0 Å². The van der Waals surface area contributed by atoms with E-state index in [2.05, 4.69) is 9.97 Å². The van der Waals surface area contributed by atoms with Crippen LogP contribution in [0.15, 0.2) is 12.4 Å². The molecule has 4 N–H and O–H groups in total. The molecule has 5 heteroatoms. The molecule has 0 saturated heterocycles. The van der Waals surface area contributed by atoms with Gasteiger partial charge in [-0.15, -0.1) is 0 Å². The van der Waals surface area contributed by atoms with E-state index in [4.69, 9.17) is 5.73 Å². The molecule has 0 radical (unpaired) electrons. The third-order valence-electron chi connectivity index (χ3n) is 2.04. The predicted molar refractivity (Wildman–Crippen MR) is 45.7 cm³/mol. The van der Waals surface area contributed by atoms with Crippen LogP contribution in [0.4, 0.5) is 0 Å². The highest BCUT2D eigenvalue weighted by Crippen LogP contribution is 2.25. The van der Waals surface area contributed by atoms with Gasteiger partial charge in [-0.3, -0.25) is 10.5 Å². The first-order chi connectivity index (χ1) is 6.02. The molecule has 0 spiro atoms. The summed E-state index contributed by atoms with van der Waals surface area (Å²) < 4.78 is 0. The Labute approximate surface area is 74.3 Å². The first-order valence-corrected chi connectivity index (χ1v) is 3.81. The monoisotopic (exact) mass is 179 g/mol. The molecule has 2 rings (SSSR count). The van der Waals surface area contributed by atoms with Gasteiger partial charge in [0.2, 0.25) is 5.78 Å². The molecule has 1 atom stereocenters. The zero-order chi connectivity index (χ0) is 9.64. The summed E-state index contributed by atoms with van der Waals surface area (Å²) in [6.45, 7) is 1.74. The minimum atomic E-state index is -1.90. The number of Topliss-reactive ketones (excluding diaryl/α,β-unsaturated/α-hetero) is 1. The van der Waals surface area contributed by atoms with E-state index in [1.165, 1.54) is 12.4 Å². The number of aromatic nitrogens is 2. The van der Waals surface area contributed by atoms with Crippen LogP contribution in [0.1, 0.15) is 23.1 Å². The number of aromatic amines is 1. The molecule has 68 valence electrons. The fourth-order valence-corrected chi connectivity index (χ4v) is 1.43. The second kappa shape index (κ2) is 2.27. The number of allylic oxidation sites excluding steroid dienone is 1. The van der Waals surface area contributed by atoms with E-state index in [0.29, 0.717) is 11.3 Å². The lowest BCUT2D eigenvalue weighted by molar-refractivity contribution is 0.0540. The predicted octanol–water partition coefficient (Wildman–Crippen LogP) is -0.343. The van der Waals surface area contributed by atoms with Crippen LogP contribution in [-0.2, 0) is 0 Å². The molecule has 1 heterocycles. The van der Waals surface area contributed by atoms with Gasteiger partial charge in [-0.1, -0.05) is 0 Å². The number of ketones is 1. The minimum absolute atomic E-state index is 0.269. The molecule has 13 heavy (non-hydrogen) atoms. The average molecular weight is 179 g/mol. The van der Waals surface area contributed by atoms with E-state index >= 15 is 0 Å². The number of H-pyrrole nitrogens is 1. The van der Waals surface area contributed by atoms with Gasteiger partial charge in [-0.05, 0) is 18.6 Å². The fourth-order valence-electron chi connectivity index (χ4n) is 1.43. The van der Waals surface area contributed by atoms with E-state index in [9.17, 15) is 9.90 Å². The Morgan fingerprint density at radius 1 is 1.69 bits per heavy atom. The number of hydrogen-bond donors (Lipinski definition) is 3. The topological polar surface area (TPSA) is 92.0 Å². The second-order valence-electron chi connectivity index (χ2n) is 3.11. The molecule has 1 aliphatic carbocycles. The van der Waals surface area contributed by atoms with E-state index < -0.39 is 11.5 Å². The number of carbonyl (C=O) groups is 1. The molecule has 1 aromatic rings. The molecule has 0 unspecified atom stereocenters. The summed E-state index contributed by atoms with van der Waals surface area (Å²) in [5, 5.41) is 9.48. The van der Waals surface area contributed by atoms with Crippen LogP contribution >= 0.6 is 0 Å². The number of nitrogens with zero attached hydrogens (tertiary/aromatic N) is 1. The van der Waals surface area contributed by atoms with Crippen molar-refractivity contribution in [3.8, 4) is 0 Å². The Hall–Kier alpha value is -1.46. The number of fused-ring (bicyclic) bond motifs is 1. The van der Waals surface area contributed by atoms with Crippen LogP contribution in [0.2, 0.25) is 0 Å². The molecule has 0 saturated carbocycles. The normalized spacial score (nSPS) is 27.0. The van der Waals surface area contributed by atoms with E-state index in [-0.39, 0.29) is 5.69 Å². The Morgan fingerprint density at radius 3 is 3.08 bits per heavy atom. The summed E-state index contributed by atoms with van der Waals surface area (Å²) in [6.07, 6.45) is 2.71. The fraction of sp³-hybridized carbons (Fsp3) is 0.250. The van der Waals surface area contributed by atoms with Crippen LogP contribution < -0.4 is 5.73 Å². The van der Waals surface area contributed by atoms with Crippen LogP contribution in [0.25, 0.3) is 5.57 Å². The highest BCUT2D eigenvalue weighted by atomic mass is 16.3. The van der Waals surface area contributed by atoms with Gasteiger partial charge in [0.15, 0.2) is 5.72 Å². The largest absolute Gasteiger partial charge is 0.366 e. The van der Waals surface area contributed by atoms with Crippen molar-refractivity contribution in [2.24, 2.45) is 5.73 Å². The molecule has 0 fully saturated rings. The Kier molecular flexibility index (Phi) is 1.43. The quantitative estimate of drug-likeness (QED) is 0.475. The minimum Gasteiger partial charge on any atom is -0.366 e. The molecular formula is C8H9N3O2. The van der Waals surface area contributed by atoms with Gasteiger partial charge in [0, 0.05) is 0 Å². The maximum atomic E-state index is 11.5. The maximum absolute atomic E-state index is 11.5. The highest BCUT2D eigenvalue weighted by molar-refractivity contribution is 6.08.